The summed E-state index contributed by atoms with van der Waals surface area (Å²) in [5, 5.41) is 7.56. The molecule has 2 rings (SSSR count). The maximum absolute atomic E-state index is 11.8. The van der Waals surface area contributed by atoms with E-state index in [4.69, 9.17) is 11.6 Å². The van der Waals surface area contributed by atoms with Crippen LogP contribution in [0, 0.1) is 0 Å². The molecule has 2 heterocycles. The molecular formula is C8H11ClN4O. The molecule has 0 saturated carbocycles. The Balaban J connectivity index is 2.09. The van der Waals surface area contributed by atoms with Gasteiger partial charge in [0.15, 0.2) is 5.69 Å². The summed E-state index contributed by atoms with van der Waals surface area (Å²) in [6, 6.07) is 0. The van der Waals surface area contributed by atoms with Gasteiger partial charge in [0.05, 0.1) is 11.6 Å². The van der Waals surface area contributed by atoms with Crippen molar-refractivity contribution < 1.29 is 4.79 Å². The third kappa shape index (κ3) is 1.72. The number of alkyl halides is 1. The van der Waals surface area contributed by atoms with Crippen molar-refractivity contribution in [1.29, 1.82) is 0 Å². The van der Waals surface area contributed by atoms with Gasteiger partial charge in [0, 0.05) is 20.1 Å². The number of nitrogens with zero attached hydrogens (tertiary/aromatic N) is 4. The van der Waals surface area contributed by atoms with Crippen molar-refractivity contribution in [3.63, 3.8) is 0 Å². The first-order valence-electron chi connectivity index (χ1n) is 4.46. The van der Waals surface area contributed by atoms with E-state index in [-0.39, 0.29) is 11.3 Å². The lowest BCUT2D eigenvalue weighted by Crippen LogP contribution is -2.29. The molecule has 1 aromatic heterocycles. The van der Waals surface area contributed by atoms with E-state index in [0.29, 0.717) is 18.8 Å². The van der Waals surface area contributed by atoms with Crippen LogP contribution in [0.25, 0.3) is 0 Å². The van der Waals surface area contributed by atoms with Gasteiger partial charge in [-0.1, -0.05) is 5.21 Å². The standard InChI is InChI=1S/C8H11ClN4O/c1-12-5-7(10-11-12)8(14)13-3-2-6(9)4-13/h5-6H,2-4H2,1H3. The van der Waals surface area contributed by atoms with Gasteiger partial charge in [0.1, 0.15) is 0 Å². The first-order valence-corrected chi connectivity index (χ1v) is 4.90. The van der Waals surface area contributed by atoms with Crippen molar-refractivity contribution in [2.45, 2.75) is 11.8 Å². The quantitative estimate of drug-likeness (QED) is 0.631. The second kappa shape index (κ2) is 3.57. The average molecular weight is 215 g/mol. The number of hydrogen-bond donors (Lipinski definition) is 0. The molecule has 1 amide bonds. The van der Waals surface area contributed by atoms with Gasteiger partial charge in [-0.25, -0.2) is 0 Å². The highest BCUT2D eigenvalue weighted by molar-refractivity contribution is 6.21. The Labute approximate surface area is 86.6 Å². The molecule has 0 bridgehead atoms. The van der Waals surface area contributed by atoms with Gasteiger partial charge in [-0.2, -0.15) is 0 Å². The lowest BCUT2D eigenvalue weighted by molar-refractivity contribution is 0.0787. The average Bonchev–Trinajstić information content (AvgIpc) is 2.73. The monoisotopic (exact) mass is 214 g/mol. The lowest BCUT2D eigenvalue weighted by Gasteiger charge is -2.12. The summed E-state index contributed by atoms with van der Waals surface area (Å²) < 4.78 is 1.52. The summed E-state index contributed by atoms with van der Waals surface area (Å²) in [6.07, 6.45) is 2.47. The Kier molecular flexibility index (Phi) is 2.41. The van der Waals surface area contributed by atoms with E-state index >= 15 is 0 Å². The zero-order chi connectivity index (χ0) is 10.1. The van der Waals surface area contributed by atoms with Crippen LogP contribution < -0.4 is 0 Å². The Hall–Kier alpha value is -1.10. The fraction of sp³-hybridized carbons (Fsp3) is 0.625. The number of carbonyl (C=O) groups is 1. The Morgan fingerprint density at radius 3 is 3.00 bits per heavy atom. The lowest BCUT2D eigenvalue weighted by atomic mass is 10.4. The molecule has 0 N–H and O–H groups in total. The minimum Gasteiger partial charge on any atom is -0.336 e. The molecule has 1 fully saturated rings. The number of carbonyl (C=O) groups excluding carboxylic acids is 1. The summed E-state index contributed by atoms with van der Waals surface area (Å²) in [4.78, 5) is 13.5. The molecule has 5 nitrogen and oxygen atoms in total. The molecule has 1 aromatic rings. The van der Waals surface area contributed by atoms with Crippen molar-refractivity contribution in [1.82, 2.24) is 19.9 Å². The van der Waals surface area contributed by atoms with Crippen LogP contribution in [0.2, 0.25) is 0 Å². The minimum absolute atomic E-state index is 0.0793. The van der Waals surface area contributed by atoms with Crippen LogP contribution >= 0.6 is 11.6 Å². The van der Waals surface area contributed by atoms with Crippen LogP contribution in [0.15, 0.2) is 6.20 Å². The predicted molar refractivity (Wildman–Crippen MR) is 51.2 cm³/mol. The van der Waals surface area contributed by atoms with Gasteiger partial charge < -0.3 is 4.90 Å². The van der Waals surface area contributed by atoms with Crippen LogP contribution in [0.4, 0.5) is 0 Å². The largest absolute Gasteiger partial charge is 0.336 e. The summed E-state index contributed by atoms with van der Waals surface area (Å²) in [6.45, 7) is 1.32. The van der Waals surface area contributed by atoms with Crippen molar-refractivity contribution in [2.75, 3.05) is 13.1 Å². The summed E-state index contributed by atoms with van der Waals surface area (Å²) in [5.41, 5.74) is 0.387. The van der Waals surface area contributed by atoms with Gasteiger partial charge in [0.25, 0.3) is 5.91 Å². The summed E-state index contributed by atoms with van der Waals surface area (Å²) in [5.74, 6) is -0.0822. The maximum atomic E-state index is 11.8. The Morgan fingerprint density at radius 1 is 1.71 bits per heavy atom. The fourth-order valence-electron chi connectivity index (χ4n) is 1.51. The van der Waals surface area contributed by atoms with Crippen molar-refractivity contribution >= 4 is 17.5 Å². The molecule has 1 aliphatic heterocycles. The van der Waals surface area contributed by atoms with Crippen molar-refractivity contribution in [3.05, 3.63) is 11.9 Å². The molecule has 0 spiro atoms. The predicted octanol–water partition coefficient (Wildman–Crippen LogP) is 0.268. The number of halogens is 1. The van der Waals surface area contributed by atoms with Crippen molar-refractivity contribution in [3.8, 4) is 0 Å². The van der Waals surface area contributed by atoms with Gasteiger partial charge in [0.2, 0.25) is 0 Å². The number of aryl methyl sites for hydroxylation is 1. The van der Waals surface area contributed by atoms with E-state index in [1.807, 2.05) is 0 Å². The van der Waals surface area contributed by atoms with E-state index < -0.39 is 0 Å². The minimum atomic E-state index is -0.0822. The second-order valence-electron chi connectivity index (χ2n) is 3.41. The zero-order valence-corrected chi connectivity index (χ0v) is 8.61. The number of amides is 1. The Morgan fingerprint density at radius 2 is 2.50 bits per heavy atom. The van der Waals surface area contributed by atoms with Crippen LogP contribution in [-0.4, -0.2) is 44.3 Å². The molecule has 1 unspecified atom stereocenters. The number of likely N-dealkylation sites (tertiary alicyclic amines) is 1. The van der Waals surface area contributed by atoms with Crippen molar-refractivity contribution in [2.24, 2.45) is 7.05 Å². The molecule has 6 heteroatoms. The molecule has 76 valence electrons. The first kappa shape index (κ1) is 9.45. The van der Waals surface area contributed by atoms with Crippen LogP contribution in [-0.2, 0) is 7.05 Å². The first-order chi connectivity index (χ1) is 6.66. The molecular weight excluding hydrogens is 204 g/mol. The smallest absolute Gasteiger partial charge is 0.276 e. The van der Waals surface area contributed by atoms with Crippen LogP contribution in [0.1, 0.15) is 16.9 Å². The molecule has 0 aliphatic carbocycles. The highest BCUT2D eigenvalue weighted by Gasteiger charge is 2.26. The van der Waals surface area contributed by atoms with E-state index in [1.165, 1.54) is 4.68 Å². The topological polar surface area (TPSA) is 51.0 Å². The third-order valence-corrected chi connectivity index (χ3v) is 2.60. The van der Waals surface area contributed by atoms with E-state index in [1.54, 1.807) is 18.1 Å². The number of hydrogen-bond acceptors (Lipinski definition) is 3. The highest BCUT2D eigenvalue weighted by atomic mass is 35.5. The van der Waals surface area contributed by atoms with Crippen LogP contribution in [0.3, 0.4) is 0 Å². The number of aromatic nitrogens is 3. The normalized spacial score (nSPS) is 21.6. The highest BCUT2D eigenvalue weighted by Crippen LogP contribution is 2.16. The molecule has 1 aliphatic rings. The van der Waals surface area contributed by atoms with Crippen LogP contribution in [0.5, 0.6) is 0 Å². The molecule has 0 radical (unpaired) electrons. The maximum Gasteiger partial charge on any atom is 0.276 e. The summed E-state index contributed by atoms with van der Waals surface area (Å²) in [7, 11) is 1.73. The van der Waals surface area contributed by atoms with Gasteiger partial charge in [-0.05, 0) is 6.42 Å². The van der Waals surface area contributed by atoms with Gasteiger partial charge in [-0.3, -0.25) is 9.48 Å². The second-order valence-corrected chi connectivity index (χ2v) is 4.03. The summed E-state index contributed by atoms with van der Waals surface area (Å²) >= 11 is 5.91. The molecule has 1 saturated heterocycles. The third-order valence-electron chi connectivity index (χ3n) is 2.24. The van der Waals surface area contributed by atoms with Gasteiger partial charge in [-0.15, -0.1) is 16.7 Å². The Bertz CT molecular complexity index is 351. The molecule has 14 heavy (non-hydrogen) atoms. The molecule has 0 aromatic carbocycles. The zero-order valence-electron chi connectivity index (χ0n) is 7.85. The van der Waals surface area contributed by atoms with E-state index in [0.717, 1.165) is 6.42 Å². The SMILES string of the molecule is Cn1cc(C(=O)N2CCC(Cl)C2)nn1. The number of rotatable bonds is 1. The van der Waals surface area contributed by atoms with E-state index in [2.05, 4.69) is 10.3 Å². The van der Waals surface area contributed by atoms with E-state index in [9.17, 15) is 4.79 Å². The van der Waals surface area contributed by atoms with Gasteiger partial charge >= 0.3 is 0 Å². The molecule has 1 atom stereocenters. The fourth-order valence-corrected chi connectivity index (χ4v) is 1.77.